The van der Waals surface area contributed by atoms with Crippen molar-refractivity contribution in [3.63, 3.8) is 0 Å². The molecular weight excluding hydrogens is 472 g/mol. The number of fused-ring (bicyclic) bond motifs is 4. The number of carbonyl (C=O) groups excluding carboxylic acids is 1. The van der Waals surface area contributed by atoms with Gasteiger partial charge >= 0.3 is 0 Å². The van der Waals surface area contributed by atoms with Crippen LogP contribution in [0.5, 0.6) is 5.75 Å². The van der Waals surface area contributed by atoms with E-state index in [4.69, 9.17) is 4.74 Å². The molecule has 0 radical (unpaired) electrons. The molecule has 1 atom stereocenters. The number of para-hydroxylation sites is 1. The Balaban J connectivity index is 1.26. The highest BCUT2D eigenvalue weighted by Crippen LogP contribution is 2.34. The number of nitrogens with zero attached hydrogens (tertiary/aromatic N) is 2. The molecule has 1 unspecified atom stereocenters. The van der Waals surface area contributed by atoms with E-state index in [-0.39, 0.29) is 23.9 Å². The summed E-state index contributed by atoms with van der Waals surface area (Å²) in [6.07, 6.45) is 6.50. The topological polar surface area (TPSA) is 89.0 Å². The smallest absolute Gasteiger partial charge is 0.262 e. The van der Waals surface area contributed by atoms with Crippen molar-refractivity contribution in [2.75, 3.05) is 13.7 Å². The lowest BCUT2D eigenvalue weighted by Gasteiger charge is -2.19. The van der Waals surface area contributed by atoms with Crippen LogP contribution in [0.25, 0.3) is 21.1 Å². The van der Waals surface area contributed by atoms with Gasteiger partial charge in [0.05, 0.1) is 18.8 Å². The van der Waals surface area contributed by atoms with E-state index in [0.29, 0.717) is 11.9 Å². The Morgan fingerprint density at radius 1 is 1.19 bits per heavy atom. The lowest BCUT2D eigenvalue weighted by atomic mass is 9.91. The molecule has 6 rings (SSSR count). The number of methoxy groups -OCH3 is 1. The number of H-pyrrole nitrogens is 1. The van der Waals surface area contributed by atoms with Crippen LogP contribution in [0.2, 0.25) is 0 Å². The van der Waals surface area contributed by atoms with Crippen LogP contribution in [0.3, 0.4) is 0 Å². The third kappa shape index (κ3) is 3.97. The molecule has 0 spiro atoms. The van der Waals surface area contributed by atoms with Gasteiger partial charge in [0.1, 0.15) is 17.1 Å². The highest BCUT2D eigenvalue weighted by Gasteiger charge is 2.23. The monoisotopic (exact) mass is 498 g/mol. The van der Waals surface area contributed by atoms with Crippen molar-refractivity contribution in [2.24, 2.45) is 0 Å². The van der Waals surface area contributed by atoms with Crippen LogP contribution in [0.1, 0.15) is 33.9 Å². The molecule has 2 N–H and O–H groups in total. The summed E-state index contributed by atoms with van der Waals surface area (Å²) in [6, 6.07) is 16.0. The van der Waals surface area contributed by atoms with E-state index >= 15 is 0 Å². The molecule has 1 aliphatic rings. The second kappa shape index (κ2) is 9.28. The molecule has 1 aliphatic carbocycles. The summed E-state index contributed by atoms with van der Waals surface area (Å²) in [5.74, 6) is 0.486. The van der Waals surface area contributed by atoms with Gasteiger partial charge in [-0.2, -0.15) is 0 Å². The summed E-state index contributed by atoms with van der Waals surface area (Å²) in [7, 11) is 1.64. The minimum absolute atomic E-state index is 0.0599. The maximum absolute atomic E-state index is 13.2. The van der Waals surface area contributed by atoms with Crippen LogP contribution in [0.15, 0.2) is 65.8 Å². The number of aryl methyl sites for hydroxylation is 2. The van der Waals surface area contributed by atoms with Crippen molar-refractivity contribution in [3.05, 3.63) is 93.0 Å². The first-order valence-electron chi connectivity index (χ1n) is 12.1. The molecule has 5 aromatic rings. The molecule has 0 aliphatic heterocycles. The largest absolute Gasteiger partial charge is 0.497 e. The molecule has 182 valence electrons. The van der Waals surface area contributed by atoms with E-state index in [2.05, 4.69) is 21.4 Å². The average Bonchev–Trinajstić information content (AvgIpc) is 3.61. The number of carbonyl (C=O) groups is 1. The van der Waals surface area contributed by atoms with Crippen molar-refractivity contribution in [2.45, 2.75) is 31.7 Å². The average molecular weight is 499 g/mol. The van der Waals surface area contributed by atoms with Gasteiger partial charge in [-0.05, 0) is 54.2 Å². The third-order valence-electron chi connectivity index (χ3n) is 7.02. The van der Waals surface area contributed by atoms with Gasteiger partial charge in [0, 0.05) is 34.4 Å². The summed E-state index contributed by atoms with van der Waals surface area (Å²) in [5, 5.41) is 4.87. The normalized spacial score (nSPS) is 13.7. The minimum Gasteiger partial charge on any atom is -0.497 e. The predicted molar refractivity (Wildman–Crippen MR) is 142 cm³/mol. The van der Waals surface area contributed by atoms with Crippen molar-refractivity contribution < 1.29 is 9.53 Å². The standard InChI is InChI=1S/C28H26N4O3S/c1-35-18-11-9-17(10-12-18)21(22-14-29-23-7-3-2-5-19(22)23)13-30-25(33)15-32-16-31-27-26(28(32)34)20-6-4-8-24(20)36-27/h2-3,5,7,9-12,14,16,21,29H,4,6,8,13,15H2,1H3,(H,30,33). The number of rotatable bonds is 7. The molecule has 7 nitrogen and oxygen atoms in total. The zero-order valence-electron chi connectivity index (χ0n) is 19.9. The van der Waals surface area contributed by atoms with Crippen LogP contribution < -0.4 is 15.6 Å². The van der Waals surface area contributed by atoms with Gasteiger partial charge in [0.2, 0.25) is 5.91 Å². The van der Waals surface area contributed by atoms with Gasteiger partial charge in [-0.3, -0.25) is 14.2 Å². The Morgan fingerprint density at radius 3 is 2.86 bits per heavy atom. The molecule has 0 saturated heterocycles. The van der Waals surface area contributed by atoms with Gasteiger partial charge in [-0.15, -0.1) is 11.3 Å². The van der Waals surface area contributed by atoms with Gasteiger partial charge < -0.3 is 15.0 Å². The Kier molecular flexibility index (Phi) is 5.81. The third-order valence-corrected chi connectivity index (χ3v) is 8.22. The Bertz CT molecular complexity index is 1630. The SMILES string of the molecule is COc1ccc(C(CNC(=O)Cn2cnc3sc4c(c3c2=O)CCC4)c2c[nH]c3ccccc23)cc1. The second-order valence-electron chi connectivity index (χ2n) is 9.13. The first kappa shape index (κ1) is 22.5. The quantitative estimate of drug-likeness (QED) is 0.348. The fourth-order valence-electron chi connectivity index (χ4n) is 5.18. The zero-order valence-corrected chi connectivity index (χ0v) is 20.7. The minimum atomic E-state index is -0.219. The molecule has 8 heteroatoms. The Labute approximate surface area is 211 Å². The van der Waals surface area contributed by atoms with E-state index in [1.54, 1.807) is 18.4 Å². The highest BCUT2D eigenvalue weighted by atomic mass is 32.1. The number of aromatic amines is 1. The number of ether oxygens (including phenoxy) is 1. The Hall–Kier alpha value is -3.91. The number of nitrogens with one attached hydrogen (secondary N) is 2. The first-order chi connectivity index (χ1) is 17.6. The predicted octanol–water partition coefficient (Wildman–Crippen LogP) is 4.38. The molecular formula is C28H26N4O3S. The maximum atomic E-state index is 13.2. The molecule has 0 bridgehead atoms. The van der Waals surface area contributed by atoms with E-state index < -0.39 is 0 Å². The summed E-state index contributed by atoms with van der Waals surface area (Å²) in [4.78, 5) is 36.0. The number of benzene rings is 2. The van der Waals surface area contributed by atoms with Crippen LogP contribution in [0.4, 0.5) is 0 Å². The van der Waals surface area contributed by atoms with Gasteiger partial charge in [0.25, 0.3) is 5.56 Å². The van der Waals surface area contributed by atoms with E-state index in [1.807, 2.05) is 48.7 Å². The van der Waals surface area contributed by atoms with Crippen molar-refractivity contribution in [3.8, 4) is 5.75 Å². The lowest BCUT2D eigenvalue weighted by Crippen LogP contribution is -2.35. The molecule has 2 aromatic carbocycles. The van der Waals surface area contributed by atoms with Crippen molar-refractivity contribution in [1.29, 1.82) is 0 Å². The molecule has 0 saturated carbocycles. The van der Waals surface area contributed by atoms with Crippen LogP contribution in [0, 0.1) is 0 Å². The zero-order chi connectivity index (χ0) is 24.6. The number of hydrogen-bond donors (Lipinski definition) is 2. The van der Waals surface area contributed by atoms with Crippen molar-refractivity contribution in [1.82, 2.24) is 19.9 Å². The van der Waals surface area contributed by atoms with Gasteiger partial charge in [-0.25, -0.2) is 4.98 Å². The number of thiophene rings is 1. The van der Waals surface area contributed by atoms with E-state index in [0.717, 1.165) is 57.4 Å². The van der Waals surface area contributed by atoms with E-state index in [9.17, 15) is 9.59 Å². The van der Waals surface area contributed by atoms with E-state index in [1.165, 1.54) is 15.8 Å². The number of hydrogen-bond acceptors (Lipinski definition) is 5. The van der Waals surface area contributed by atoms with Crippen molar-refractivity contribution >= 4 is 38.4 Å². The van der Waals surface area contributed by atoms with Crippen LogP contribution in [-0.4, -0.2) is 34.1 Å². The second-order valence-corrected chi connectivity index (χ2v) is 10.2. The van der Waals surface area contributed by atoms with Crippen LogP contribution >= 0.6 is 11.3 Å². The summed E-state index contributed by atoms with van der Waals surface area (Å²) in [5.41, 5.74) is 4.21. The number of amides is 1. The Morgan fingerprint density at radius 2 is 2.03 bits per heavy atom. The summed E-state index contributed by atoms with van der Waals surface area (Å²) >= 11 is 1.60. The lowest BCUT2D eigenvalue weighted by molar-refractivity contribution is -0.121. The number of aromatic nitrogens is 3. The first-order valence-corrected chi connectivity index (χ1v) is 12.9. The summed E-state index contributed by atoms with van der Waals surface area (Å²) < 4.78 is 6.75. The fourth-order valence-corrected chi connectivity index (χ4v) is 6.40. The summed E-state index contributed by atoms with van der Waals surface area (Å²) in [6.45, 7) is 0.334. The molecule has 1 amide bonds. The van der Waals surface area contributed by atoms with Gasteiger partial charge in [0.15, 0.2) is 0 Å². The molecule has 36 heavy (non-hydrogen) atoms. The van der Waals surface area contributed by atoms with Gasteiger partial charge in [-0.1, -0.05) is 30.3 Å². The molecule has 0 fully saturated rings. The molecule has 3 aromatic heterocycles. The maximum Gasteiger partial charge on any atom is 0.262 e. The fraction of sp³-hybridized carbons (Fsp3) is 0.250. The molecule has 3 heterocycles. The highest BCUT2D eigenvalue weighted by molar-refractivity contribution is 7.18. The van der Waals surface area contributed by atoms with Crippen LogP contribution in [-0.2, 0) is 24.2 Å².